The number of aliphatic hydroxyl groups is 1. The van der Waals surface area contributed by atoms with Gasteiger partial charge >= 0.3 is 5.97 Å². The minimum absolute atomic E-state index is 0.101. The van der Waals surface area contributed by atoms with E-state index < -0.39 is 12.1 Å². The first-order valence-corrected chi connectivity index (χ1v) is 10.8. The Labute approximate surface area is 169 Å². The van der Waals surface area contributed by atoms with Crippen LogP contribution in [0.5, 0.6) is 0 Å². The first-order chi connectivity index (χ1) is 13.6. The number of rotatable bonds is 10. The number of allylic oxidation sites excluding steroid dienone is 3. The van der Waals surface area contributed by atoms with E-state index in [1.807, 2.05) is 24.3 Å². The number of hydrogen-bond donors (Lipinski definition) is 2. The Morgan fingerprint density at radius 2 is 1.93 bits per heavy atom. The molecule has 152 valence electrons. The van der Waals surface area contributed by atoms with Gasteiger partial charge in [0.1, 0.15) is 0 Å². The van der Waals surface area contributed by atoms with Gasteiger partial charge in [-0.1, -0.05) is 61.6 Å². The highest BCUT2D eigenvalue weighted by molar-refractivity contribution is 5.66. The van der Waals surface area contributed by atoms with Crippen LogP contribution in [-0.4, -0.2) is 22.3 Å². The maximum atomic E-state index is 10.7. The maximum absolute atomic E-state index is 10.7. The Kier molecular flexibility index (Phi) is 7.50. The summed E-state index contributed by atoms with van der Waals surface area (Å²) in [7, 11) is 0. The van der Waals surface area contributed by atoms with E-state index >= 15 is 0 Å². The van der Waals surface area contributed by atoms with Crippen LogP contribution >= 0.6 is 0 Å². The molecule has 0 saturated heterocycles. The zero-order valence-electron chi connectivity index (χ0n) is 16.9. The van der Waals surface area contributed by atoms with Gasteiger partial charge in [0.2, 0.25) is 0 Å². The number of unbranched alkanes of at least 4 members (excludes halogenated alkanes) is 1. The highest BCUT2D eigenvalue weighted by Crippen LogP contribution is 2.54. The fourth-order valence-corrected chi connectivity index (χ4v) is 5.21. The van der Waals surface area contributed by atoms with E-state index in [4.69, 9.17) is 5.11 Å². The van der Waals surface area contributed by atoms with Crippen LogP contribution in [0.25, 0.3) is 0 Å². The van der Waals surface area contributed by atoms with Crippen molar-refractivity contribution in [2.24, 2.45) is 23.7 Å². The van der Waals surface area contributed by atoms with Crippen molar-refractivity contribution >= 4 is 5.97 Å². The molecular weight excluding hydrogens is 348 g/mol. The van der Waals surface area contributed by atoms with Gasteiger partial charge in [-0.2, -0.15) is 0 Å². The van der Waals surface area contributed by atoms with Crippen molar-refractivity contribution in [2.75, 3.05) is 0 Å². The Morgan fingerprint density at radius 1 is 1.18 bits per heavy atom. The SMILES string of the molecule is CC(c1ccccc1)C(O)/C=C/[C@H]1[C@H]2CC[C@H](C2)[C@H]1C/C=C\CCCC(=O)O. The van der Waals surface area contributed by atoms with Gasteiger partial charge < -0.3 is 10.2 Å². The van der Waals surface area contributed by atoms with Crippen LogP contribution in [0.3, 0.4) is 0 Å². The summed E-state index contributed by atoms with van der Waals surface area (Å²) in [6.07, 6.45) is 15.2. The molecule has 28 heavy (non-hydrogen) atoms. The third-order valence-electron chi connectivity index (χ3n) is 6.86. The van der Waals surface area contributed by atoms with Gasteiger partial charge in [0, 0.05) is 12.3 Å². The van der Waals surface area contributed by atoms with Crippen molar-refractivity contribution in [2.45, 2.75) is 63.9 Å². The Morgan fingerprint density at radius 3 is 2.68 bits per heavy atom. The van der Waals surface area contributed by atoms with E-state index in [1.54, 1.807) is 0 Å². The van der Waals surface area contributed by atoms with E-state index in [1.165, 1.54) is 24.8 Å². The van der Waals surface area contributed by atoms with Gasteiger partial charge in [-0.3, -0.25) is 4.79 Å². The number of carbonyl (C=O) groups is 1. The first kappa shape index (κ1) is 20.9. The van der Waals surface area contributed by atoms with Crippen molar-refractivity contribution < 1.29 is 15.0 Å². The molecule has 2 unspecified atom stereocenters. The number of aliphatic carboxylic acids is 1. The van der Waals surface area contributed by atoms with Crippen LogP contribution in [0, 0.1) is 23.7 Å². The van der Waals surface area contributed by atoms with Crippen molar-refractivity contribution in [3.63, 3.8) is 0 Å². The Balaban J connectivity index is 1.54. The zero-order chi connectivity index (χ0) is 19.9. The molecule has 3 rings (SSSR count). The normalized spacial score (nSPS) is 28.9. The van der Waals surface area contributed by atoms with Crippen molar-refractivity contribution in [3.05, 3.63) is 60.2 Å². The third kappa shape index (κ3) is 5.35. The lowest BCUT2D eigenvalue weighted by Crippen LogP contribution is -2.21. The molecule has 0 amide bonds. The van der Waals surface area contributed by atoms with Gasteiger partial charge in [-0.25, -0.2) is 0 Å². The number of hydrogen-bond acceptors (Lipinski definition) is 2. The van der Waals surface area contributed by atoms with Crippen LogP contribution in [0.2, 0.25) is 0 Å². The molecule has 2 fully saturated rings. The molecule has 2 aliphatic rings. The fourth-order valence-electron chi connectivity index (χ4n) is 5.21. The molecule has 0 spiro atoms. The second-order valence-corrected chi connectivity index (χ2v) is 8.64. The van der Waals surface area contributed by atoms with Crippen LogP contribution in [0.15, 0.2) is 54.6 Å². The topological polar surface area (TPSA) is 57.5 Å². The molecule has 1 aromatic carbocycles. The van der Waals surface area contributed by atoms with Gasteiger partial charge in [0.15, 0.2) is 0 Å². The van der Waals surface area contributed by atoms with Gasteiger partial charge in [-0.15, -0.1) is 0 Å². The molecule has 0 aliphatic heterocycles. The molecular formula is C25H34O3. The van der Waals surface area contributed by atoms with Gasteiger partial charge in [0.05, 0.1) is 6.10 Å². The standard InChI is InChI=1S/C25H34O3/c1-18(19-9-5-4-6-10-19)24(26)16-15-23-21-14-13-20(17-21)22(23)11-7-2-3-8-12-25(27)28/h2,4-7,9-10,15-16,18,20-24,26H,3,8,11-14,17H2,1H3,(H,27,28)/b7-2-,16-15+/t18?,20-,21+,22-,23+,24?/m1/s1. The molecule has 2 bridgehead atoms. The summed E-state index contributed by atoms with van der Waals surface area (Å²) >= 11 is 0. The predicted molar refractivity (Wildman–Crippen MR) is 113 cm³/mol. The highest BCUT2D eigenvalue weighted by atomic mass is 16.4. The molecule has 1 aromatic rings. The van der Waals surface area contributed by atoms with Gasteiger partial charge in [-0.05, 0) is 67.8 Å². The van der Waals surface area contributed by atoms with Crippen LogP contribution in [0.1, 0.15) is 63.4 Å². The second kappa shape index (κ2) is 10.1. The number of benzene rings is 1. The highest BCUT2D eigenvalue weighted by Gasteiger charge is 2.45. The number of fused-ring (bicyclic) bond motifs is 2. The Bertz CT molecular complexity index is 678. The molecule has 2 saturated carbocycles. The molecule has 0 aromatic heterocycles. The number of carboxylic acids is 1. The lowest BCUT2D eigenvalue weighted by Gasteiger charge is -2.28. The molecule has 3 heteroatoms. The quantitative estimate of drug-likeness (QED) is 0.411. The average molecular weight is 383 g/mol. The minimum atomic E-state index is -0.713. The Hall–Kier alpha value is -1.87. The van der Waals surface area contributed by atoms with E-state index in [2.05, 4.69) is 37.3 Å². The predicted octanol–water partition coefficient (Wildman–Crippen LogP) is 5.57. The van der Waals surface area contributed by atoms with E-state index in [0.717, 1.165) is 31.1 Å². The maximum Gasteiger partial charge on any atom is 0.303 e. The summed E-state index contributed by atoms with van der Waals surface area (Å²) in [5.41, 5.74) is 1.17. The van der Waals surface area contributed by atoms with Crippen LogP contribution < -0.4 is 0 Å². The summed E-state index contributed by atoms with van der Waals surface area (Å²) in [5.74, 6) is 2.21. The van der Waals surface area contributed by atoms with E-state index in [0.29, 0.717) is 11.8 Å². The molecule has 6 atom stereocenters. The van der Waals surface area contributed by atoms with Crippen molar-refractivity contribution in [1.82, 2.24) is 0 Å². The van der Waals surface area contributed by atoms with Gasteiger partial charge in [0.25, 0.3) is 0 Å². The number of aliphatic hydroxyl groups excluding tert-OH is 1. The lowest BCUT2D eigenvalue weighted by molar-refractivity contribution is -0.137. The zero-order valence-corrected chi connectivity index (χ0v) is 16.9. The summed E-state index contributed by atoms with van der Waals surface area (Å²) in [4.78, 5) is 10.6. The molecule has 3 nitrogen and oxygen atoms in total. The first-order valence-electron chi connectivity index (χ1n) is 10.8. The summed E-state index contributed by atoms with van der Waals surface area (Å²) in [6, 6.07) is 10.2. The van der Waals surface area contributed by atoms with Crippen molar-refractivity contribution in [1.29, 1.82) is 0 Å². The van der Waals surface area contributed by atoms with Crippen LogP contribution in [0.4, 0.5) is 0 Å². The van der Waals surface area contributed by atoms with Crippen LogP contribution in [-0.2, 0) is 4.79 Å². The minimum Gasteiger partial charge on any atom is -0.481 e. The van der Waals surface area contributed by atoms with E-state index in [9.17, 15) is 9.90 Å². The third-order valence-corrected chi connectivity index (χ3v) is 6.86. The fraction of sp³-hybridized carbons (Fsp3) is 0.560. The number of carboxylic acid groups (broad SMARTS) is 1. The molecule has 2 N–H and O–H groups in total. The monoisotopic (exact) mass is 382 g/mol. The molecule has 0 heterocycles. The molecule has 0 radical (unpaired) electrons. The lowest BCUT2D eigenvalue weighted by atomic mass is 9.77. The summed E-state index contributed by atoms with van der Waals surface area (Å²) < 4.78 is 0. The molecule has 2 aliphatic carbocycles. The smallest absolute Gasteiger partial charge is 0.303 e. The summed E-state index contributed by atoms with van der Waals surface area (Å²) in [5, 5.41) is 19.4. The average Bonchev–Trinajstić information content (AvgIpc) is 3.30. The summed E-state index contributed by atoms with van der Waals surface area (Å²) in [6.45, 7) is 2.09. The second-order valence-electron chi connectivity index (χ2n) is 8.64. The van der Waals surface area contributed by atoms with E-state index in [-0.39, 0.29) is 12.3 Å². The van der Waals surface area contributed by atoms with Crippen molar-refractivity contribution in [3.8, 4) is 0 Å². The largest absolute Gasteiger partial charge is 0.481 e.